The maximum Gasteiger partial charge on any atom is 0.337 e. The van der Waals surface area contributed by atoms with E-state index >= 15 is 0 Å². The van der Waals surface area contributed by atoms with Crippen LogP contribution in [0.5, 0.6) is 5.75 Å². The molecule has 1 aliphatic rings. The molecule has 108 valence electrons. The van der Waals surface area contributed by atoms with Crippen molar-refractivity contribution in [3.63, 3.8) is 0 Å². The number of methoxy groups -OCH3 is 1. The Hall–Kier alpha value is -2.08. The minimum atomic E-state index is -1.08. The second-order valence-electron chi connectivity index (χ2n) is 4.76. The van der Waals surface area contributed by atoms with Crippen LogP contribution in [-0.2, 0) is 4.79 Å². The van der Waals surface area contributed by atoms with Gasteiger partial charge in [-0.3, -0.25) is 4.79 Å². The van der Waals surface area contributed by atoms with E-state index in [-0.39, 0.29) is 23.2 Å². The number of aromatic carboxylic acids is 1. The van der Waals surface area contributed by atoms with Crippen LogP contribution in [0.4, 0.5) is 5.69 Å². The van der Waals surface area contributed by atoms with Gasteiger partial charge in [-0.15, -0.1) is 0 Å². The standard InChI is InChI=1S/C14H18N2O4/c1-20-10-4-5-11(14(18)19)12(8-10)16-13(17)7-9-3-2-6-15-9/h4-5,8-9,15H,2-3,6-7H2,1H3,(H,16,17)(H,18,19). The molecule has 0 spiro atoms. The Morgan fingerprint density at radius 1 is 1.50 bits per heavy atom. The Bertz CT molecular complexity index is 510. The first kappa shape index (κ1) is 14.3. The van der Waals surface area contributed by atoms with Gasteiger partial charge in [0.05, 0.1) is 18.4 Å². The fourth-order valence-electron chi connectivity index (χ4n) is 2.30. The van der Waals surface area contributed by atoms with E-state index in [1.807, 2.05) is 0 Å². The van der Waals surface area contributed by atoms with Crippen molar-refractivity contribution < 1.29 is 19.4 Å². The largest absolute Gasteiger partial charge is 0.497 e. The fraction of sp³-hybridized carbons (Fsp3) is 0.429. The predicted molar refractivity (Wildman–Crippen MR) is 74.2 cm³/mol. The first-order valence-corrected chi connectivity index (χ1v) is 6.54. The van der Waals surface area contributed by atoms with Gasteiger partial charge in [-0.2, -0.15) is 0 Å². The van der Waals surface area contributed by atoms with Gasteiger partial charge in [-0.25, -0.2) is 4.79 Å². The zero-order chi connectivity index (χ0) is 14.5. The highest BCUT2D eigenvalue weighted by Gasteiger charge is 2.19. The van der Waals surface area contributed by atoms with Crippen LogP contribution in [0.1, 0.15) is 29.6 Å². The summed E-state index contributed by atoms with van der Waals surface area (Å²) in [5.74, 6) is -0.772. The van der Waals surface area contributed by atoms with E-state index in [9.17, 15) is 9.59 Å². The van der Waals surface area contributed by atoms with E-state index in [0.717, 1.165) is 19.4 Å². The molecule has 0 saturated carbocycles. The number of carbonyl (C=O) groups excluding carboxylic acids is 1. The quantitative estimate of drug-likeness (QED) is 0.759. The summed E-state index contributed by atoms with van der Waals surface area (Å²) < 4.78 is 5.05. The van der Waals surface area contributed by atoms with Crippen molar-refractivity contribution in [1.29, 1.82) is 0 Å². The van der Waals surface area contributed by atoms with E-state index in [1.165, 1.54) is 19.2 Å². The van der Waals surface area contributed by atoms with Crippen molar-refractivity contribution in [1.82, 2.24) is 5.32 Å². The summed E-state index contributed by atoms with van der Waals surface area (Å²) in [5.41, 5.74) is 0.318. The molecule has 1 heterocycles. The van der Waals surface area contributed by atoms with E-state index in [1.54, 1.807) is 6.07 Å². The maximum atomic E-state index is 12.0. The molecule has 6 nitrogen and oxygen atoms in total. The van der Waals surface area contributed by atoms with Crippen LogP contribution < -0.4 is 15.4 Å². The first-order chi connectivity index (χ1) is 9.60. The molecule has 0 bridgehead atoms. The van der Waals surface area contributed by atoms with Crippen molar-refractivity contribution in [3.8, 4) is 5.75 Å². The molecule has 0 aromatic heterocycles. The molecule has 1 fully saturated rings. The third kappa shape index (κ3) is 3.48. The highest BCUT2D eigenvalue weighted by Crippen LogP contribution is 2.23. The second-order valence-corrected chi connectivity index (χ2v) is 4.76. The van der Waals surface area contributed by atoms with E-state index < -0.39 is 5.97 Å². The van der Waals surface area contributed by atoms with Crippen LogP contribution in [0.25, 0.3) is 0 Å². The highest BCUT2D eigenvalue weighted by atomic mass is 16.5. The molecule has 1 aromatic carbocycles. The van der Waals surface area contributed by atoms with Gasteiger partial charge in [-0.1, -0.05) is 0 Å². The number of nitrogens with one attached hydrogen (secondary N) is 2. The van der Waals surface area contributed by atoms with Crippen molar-refractivity contribution in [2.75, 3.05) is 19.0 Å². The average Bonchev–Trinajstić information content (AvgIpc) is 2.90. The van der Waals surface area contributed by atoms with Crippen LogP contribution in [0.2, 0.25) is 0 Å². The number of carbonyl (C=O) groups is 2. The van der Waals surface area contributed by atoms with Gasteiger partial charge < -0.3 is 20.5 Å². The number of benzene rings is 1. The zero-order valence-corrected chi connectivity index (χ0v) is 11.3. The predicted octanol–water partition coefficient (Wildman–Crippen LogP) is 1.47. The van der Waals surface area contributed by atoms with E-state index in [4.69, 9.17) is 9.84 Å². The Morgan fingerprint density at radius 3 is 2.90 bits per heavy atom. The number of rotatable bonds is 5. The van der Waals surface area contributed by atoms with Crippen LogP contribution in [0.15, 0.2) is 18.2 Å². The lowest BCUT2D eigenvalue weighted by Gasteiger charge is -2.13. The summed E-state index contributed by atoms with van der Waals surface area (Å²) in [4.78, 5) is 23.1. The number of hydrogen-bond donors (Lipinski definition) is 3. The van der Waals surface area contributed by atoms with Gasteiger partial charge >= 0.3 is 5.97 Å². The lowest BCUT2D eigenvalue weighted by molar-refractivity contribution is -0.116. The molecule has 1 aliphatic heterocycles. The van der Waals surface area contributed by atoms with Crippen LogP contribution in [-0.4, -0.2) is 36.7 Å². The summed E-state index contributed by atoms with van der Waals surface area (Å²) >= 11 is 0. The SMILES string of the molecule is COc1ccc(C(=O)O)c(NC(=O)CC2CCCN2)c1. The molecule has 6 heteroatoms. The minimum Gasteiger partial charge on any atom is -0.497 e. The average molecular weight is 278 g/mol. The van der Waals surface area contributed by atoms with Crippen molar-refractivity contribution in [2.24, 2.45) is 0 Å². The van der Waals surface area contributed by atoms with E-state index in [2.05, 4.69) is 10.6 Å². The second kappa shape index (κ2) is 6.38. The highest BCUT2D eigenvalue weighted by molar-refractivity contribution is 6.01. The third-order valence-electron chi connectivity index (χ3n) is 3.33. The first-order valence-electron chi connectivity index (χ1n) is 6.54. The molecular formula is C14H18N2O4. The van der Waals surface area contributed by atoms with Crippen LogP contribution in [0, 0.1) is 0 Å². The van der Waals surface area contributed by atoms with Crippen LogP contribution in [0.3, 0.4) is 0 Å². The number of anilines is 1. The lowest BCUT2D eigenvalue weighted by atomic mass is 10.1. The fourth-order valence-corrected chi connectivity index (χ4v) is 2.30. The topological polar surface area (TPSA) is 87.7 Å². The number of hydrogen-bond acceptors (Lipinski definition) is 4. The van der Waals surface area contributed by atoms with Gasteiger partial charge in [0.1, 0.15) is 5.75 Å². The molecule has 1 amide bonds. The molecule has 3 N–H and O–H groups in total. The summed E-state index contributed by atoms with van der Waals surface area (Å²) in [6, 6.07) is 4.67. The van der Waals surface area contributed by atoms with Crippen LogP contribution >= 0.6 is 0 Å². The van der Waals surface area contributed by atoms with Crippen molar-refractivity contribution in [2.45, 2.75) is 25.3 Å². The number of amides is 1. The van der Waals surface area contributed by atoms with Gasteiger partial charge in [-0.05, 0) is 31.5 Å². The van der Waals surface area contributed by atoms with E-state index in [0.29, 0.717) is 12.2 Å². The smallest absolute Gasteiger partial charge is 0.337 e. The summed E-state index contributed by atoms with van der Waals surface area (Å²) in [6.07, 6.45) is 2.38. The number of carboxylic acids is 1. The summed E-state index contributed by atoms with van der Waals surface area (Å²) in [6.45, 7) is 0.928. The van der Waals surface area contributed by atoms with Crippen molar-refractivity contribution >= 4 is 17.6 Å². The van der Waals surface area contributed by atoms with Gasteiger partial charge in [0.25, 0.3) is 0 Å². The minimum absolute atomic E-state index is 0.0542. The molecule has 0 aliphatic carbocycles. The maximum absolute atomic E-state index is 12.0. The summed E-state index contributed by atoms with van der Waals surface area (Å²) in [7, 11) is 1.49. The molecule has 1 atom stereocenters. The Kier molecular flexibility index (Phi) is 4.57. The monoisotopic (exact) mass is 278 g/mol. The summed E-state index contributed by atoms with van der Waals surface area (Å²) in [5, 5.41) is 15.0. The Morgan fingerprint density at radius 2 is 2.30 bits per heavy atom. The normalized spacial score (nSPS) is 17.8. The molecule has 2 rings (SSSR count). The molecule has 20 heavy (non-hydrogen) atoms. The Balaban J connectivity index is 2.09. The lowest BCUT2D eigenvalue weighted by Crippen LogP contribution is -2.27. The zero-order valence-electron chi connectivity index (χ0n) is 11.3. The van der Waals surface area contributed by atoms with Gasteiger partial charge in [0, 0.05) is 18.5 Å². The molecule has 0 radical (unpaired) electrons. The Labute approximate surface area is 117 Å². The number of ether oxygens (including phenoxy) is 1. The molecule has 1 saturated heterocycles. The molecular weight excluding hydrogens is 260 g/mol. The number of carboxylic acid groups (broad SMARTS) is 1. The molecule has 1 aromatic rings. The third-order valence-corrected chi connectivity index (χ3v) is 3.33. The van der Waals surface area contributed by atoms with Gasteiger partial charge in [0.15, 0.2) is 0 Å². The molecule has 1 unspecified atom stereocenters. The van der Waals surface area contributed by atoms with Crippen molar-refractivity contribution in [3.05, 3.63) is 23.8 Å². The van der Waals surface area contributed by atoms with Gasteiger partial charge in [0.2, 0.25) is 5.91 Å².